The van der Waals surface area contributed by atoms with Gasteiger partial charge in [-0.3, -0.25) is 19.2 Å². The topological polar surface area (TPSA) is 76.5 Å². The Bertz CT molecular complexity index is 851. The van der Waals surface area contributed by atoms with Crippen molar-refractivity contribution in [3.05, 3.63) is 41.2 Å². The maximum atomic E-state index is 13.0. The minimum atomic E-state index is -0.0906. The minimum absolute atomic E-state index is 0.0859. The molecule has 0 radical (unpaired) electrons. The number of anilines is 1. The Morgan fingerprint density at radius 3 is 2.61 bits per heavy atom. The lowest BCUT2D eigenvalue weighted by atomic mass is 9.88. The molecule has 1 amide bonds. The summed E-state index contributed by atoms with van der Waals surface area (Å²) >= 11 is 0. The number of carbonyl (C=O) groups excluding carboxylic acids is 2. The number of carbonyl (C=O) groups is 2. The standard InChI is InChI=1S/C21H28N4O3/c1-14-8-17(9-15(2)21(14)28-4)20(27)16-6-5-7-25(11-16)13-19(26)23-18-10-22-24(3)12-18/h8-10,12,16H,5-7,11,13H2,1-4H3,(H,23,26)/t16-/m0/s1. The molecule has 1 aromatic carbocycles. The molecular formula is C21H28N4O3. The van der Waals surface area contributed by atoms with Gasteiger partial charge in [-0.15, -0.1) is 0 Å². The van der Waals surface area contributed by atoms with E-state index in [4.69, 9.17) is 4.74 Å². The monoisotopic (exact) mass is 384 g/mol. The molecule has 1 N–H and O–H groups in total. The van der Waals surface area contributed by atoms with Gasteiger partial charge in [0, 0.05) is 31.3 Å². The van der Waals surface area contributed by atoms with Crippen LogP contribution in [-0.2, 0) is 11.8 Å². The number of aryl methyl sites for hydroxylation is 3. The molecule has 0 saturated carbocycles. The molecule has 1 saturated heterocycles. The smallest absolute Gasteiger partial charge is 0.238 e. The second kappa shape index (κ2) is 8.56. The lowest BCUT2D eigenvalue weighted by Gasteiger charge is -2.31. The minimum Gasteiger partial charge on any atom is -0.496 e. The third-order valence-corrected chi connectivity index (χ3v) is 5.18. The number of methoxy groups -OCH3 is 1. The summed E-state index contributed by atoms with van der Waals surface area (Å²) in [7, 11) is 3.45. The van der Waals surface area contributed by atoms with E-state index >= 15 is 0 Å². The number of hydrogen-bond acceptors (Lipinski definition) is 5. The molecule has 1 aromatic heterocycles. The van der Waals surface area contributed by atoms with E-state index in [1.807, 2.05) is 26.0 Å². The number of ether oxygens (including phenoxy) is 1. The van der Waals surface area contributed by atoms with Crippen LogP contribution in [0.3, 0.4) is 0 Å². The van der Waals surface area contributed by atoms with Crippen LogP contribution in [0.25, 0.3) is 0 Å². The van der Waals surface area contributed by atoms with Gasteiger partial charge in [-0.25, -0.2) is 0 Å². The zero-order valence-electron chi connectivity index (χ0n) is 17.0. The number of likely N-dealkylation sites (tertiary alicyclic amines) is 1. The lowest BCUT2D eigenvalue weighted by Crippen LogP contribution is -2.42. The second-order valence-corrected chi connectivity index (χ2v) is 7.53. The van der Waals surface area contributed by atoms with Crippen LogP contribution in [0, 0.1) is 19.8 Å². The van der Waals surface area contributed by atoms with Crippen LogP contribution in [0.15, 0.2) is 24.5 Å². The van der Waals surface area contributed by atoms with Crippen LogP contribution in [0.1, 0.15) is 34.3 Å². The zero-order valence-corrected chi connectivity index (χ0v) is 17.0. The molecule has 28 heavy (non-hydrogen) atoms. The van der Waals surface area contributed by atoms with Crippen molar-refractivity contribution >= 4 is 17.4 Å². The number of benzene rings is 1. The number of piperidine rings is 1. The number of amides is 1. The molecule has 1 fully saturated rings. The Kier molecular flexibility index (Phi) is 6.14. The van der Waals surface area contributed by atoms with Crippen molar-refractivity contribution in [1.29, 1.82) is 0 Å². The number of nitrogens with one attached hydrogen (secondary N) is 1. The van der Waals surface area contributed by atoms with Crippen molar-refractivity contribution in [2.75, 3.05) is 32.1 Å². The van der Waals surface area contributed by atoms with Gasteiger partial charge in [0.1, 0.15) is 5.75 Å². The first-order valence-electron chi connectivity index (χ1n) is 9.57. The summed E-state index contributed by atoms with van der Waals surface area (Å²) in [6.45, 7) is 5.62. The summed E-state index contributed by atoms with van der Waals surface area (Å²) in [4.78, 5) is 27.4. The summed E-state index contributed by atoms with van der Waals surface area (Å²) in [6.07, 6.45) is 5.14. The van der Waals surface area contributed by atoms with Crippen molar-refractivity contribution in [1.82, 2.24) is 14.7 Å². The molecular weight excluding hydrogens is 356 g/mol. The largest absolute Gasteiger partial charge is 0.496 e. The zero-order chi connectivity index (χ0) is 20.3. The van der Waals surface area contributed by atoms with E-state index in [1.165, 1.54) is 0 Å². The number of ketones is 1. The SMILES string of the molecule is COc1c(C)cc(C(=O)[C@H]2CCCN(CC(=O)Nc3cnn(C)c3)C2)cc1C. The highest BCUT2D eigenvalue weighted by atomic mass is 16.5. The van der Waals surface area contributed by atoms with E-state index in [1.54, 1.807) is 31.2 Å². The maximum Gasteiger partial charge on any atom is 0.238 e. The predicted molar refractivity (Wildman–Crippen MR) is 108 cm³/mol. The normalized spacial score (nSPS) is 17.4. The number of aromatic nitrogens is 2. The highest BCUT2D eigenvalue weighted by molar-refractivity contribution is 5.98. The van der Waals surface area contributed by atoms with E-state index in [2.05, 4.69) is 15.3 Å². The third-order valence-electron chi connectivity index (χ3n) is 5.18. The van der Waals surface area contributed by atoms with Gasteiger partial charge >= 0.3 is 0 Å². The van der Waals surface area contributed by atoms with E-state index < -0.39 is 0 Å². The average Bonchev–Trinajstić information content (AvgIpc) is 3.05. The van der Waals surface area contributed by atoms with Crippen molar-refractivity contribution in [3.8, 4) is 5.75 Å². The predicted octanol–water partition coefficient (Wildman–Crippen LogP) is 2.58. The summed E-state index contributed by atoms with van der Waals surface area (Å²) in [5, 5.41) is 6.90. The van der Waals surface area contributed by atoms with Crippen LogP contribution >= 0.6 is 0 Å². The van der Waals surface area contributed by atoms with Gasteiger partial charge in [0.05, 0.1) is 25.5 Å². The van der Waals surface area contributed by atoms with Crippen LogP contribution in [-0.4, -0.2) is 53.1 Å². The number of hydrogen-bond donors (Lipinski definition) is 1. The Hall–Kier alpha value is -2.67. The molecule has 150 valence electrons. The Balaban J connectivity index is 1.62. The first-order chi connectivity index (χ1) is 13.4. The van der Waals surface area contributed by atoms with E-state index in [-0.39, 0.29) is 24.2 Å². The number of rotatable bonds is 6. The highest BCUT2D eigenvalue weighted by Gasteiger charge is 2.28. The molecule has 1 aliphatic heterocycles. The number of nitrogens with zero attached hydrogens (tertiary/aromatic N) is 3. The first-order valence-corrected chi connectivity index (χ1v) is 9.57. The number of Topliss-reactive ketones (excluding diaryl/α,β-unsaturated/α-hetero) is 1. The van der Waals surface area contributed by atoms with Crippen molar-refractivity contribution in [2.24, 2.45) is 13.0 Å². The van der Waals surface area contributed by atoms with Gasteiger partial charge in [-0.05, 0) is 56.5 Å². The molecule has 2 aromatic rings. The highest BCUT2D eigenvalue weighted by Crippen LogP contribution is 2.27. The maximum absolute atomic E-state index is 13.0. The molecule has 3 rings (SSSR count). The molecule has 0 spiro atoms. The fourth-order valence-corrected chi connectivity index (χ4v) is 3.95. The quantitative estimate of drug-likeness (QED) is 0.775. The van der Waals surface area contributed by atoms with Crippen molar-refractivity contribution in [3.63, 3.8) is 0 Å². The van der Waals surface area contributed by atoms with E-state index in [9.17, 15) is 9.59 Å². The van der Waals surface area contributed by atoms with Gasteiger partial charge in [-0.2, -0.15) is 5.10 Å². The lowest BCUT2D eigenvalue weighted by molar-refractivity contribution is -0.117. The molecule has 0 aliphatic carbocycles. The summed E-state index contributed by atoms with van der Waals surface area (Å²) in [6, 6.07) is 3.81. The van der Waals surface area contributed by atoms with Crippen LogP contribution < -0.4 is 10.1 Å². The molecule has 2 heterocycles. The molecule has 1 atom stereocenters. The fourth-order valence-electron chi connectivity index (χ4n) is 3.95. The Morgan fingerprint density at radius 1 is 1.29 bits per heavy atom. The van der Waals surface area contributed by atoms with Gasteiger partial charge in [0.2, 0.25) is 5.91 Å². The van der Waals surface area contributed by atoms with E-state index in [0.29, 0.717) is 12.2 Å². The van der Waals surface area contributed by atoms with Gasteiger partial charge in [0.15, 0.2) is 5.78 Å². The summed E-state index contributed by atoms with van der Waals surface area (Å²) in [5.41, 5.74) is 3.34. The molecule has 7 heteroatoms. The molecule has 0 bridgehead atoms. The Labute approximate surface area is 165 Å². The van der Waals surface area contributed by atoms with Crippen molar-refractivity contribution < 1.29 is 14.3 Å². The van der Waals surface area contributed by atoms with Gasteiger partial charge in [-0.1, -0.05) is 0 Å². The summed E-state index contributed by atoms with van der Waals surface area (Å²) < 4.78 is 7.04. The van der Waals surface area contributed by atoms with Crippen LogP contribution in [0.5, 0.6) is 5.75 Å². The van der Waals surface area contributed by atoms with Crippen LogP contribution in [0.4, 0.5) is 5.69 Å². The first kappa shape index (κ1) is 20.1. The molecule has 1 aliphatic rings. The third kappa shape index (κ3) is 4.59. The molecule has 7 nitrogen and oxygen atoms in total. The van der Waals surface area contributed by atoms with Gasteiger partial charge < -0.3 is 10.1 Å². The van der Waals surface area contributed by atoms with Crippen molar-refractivity contribution in [2.45, 2.75) is 26.7 Å². The fraction of sp³-hybridized carbons (Fsp3) is 0.476. The average molecular weight is 384 g/mol. The summed E-state index contributed by atoms with van der Waals surface area (Å²) in [5.74, 6) is 0.796. The Morgan fingerprint density at radius 2 is 2.00 bits per heavy atom. The van der Waals surface area contributed by atoms with Crippen LogP contribution in [0.2, 0.25) is 0 Å². The molecule has 0 unspecified atom stereocenters. The van der Waals surface area contributed by atoms with E-state index in [0.717, 1.165) is 41.8 Å². The second-order valence-electron chi connectivity index (χ2n) is 7.53. The van der Waals surface area contributed by atoms with Gasteiger partial charge in [0.25, 0.3) is 0 Å².